The Morgan fingerprint density at radius 3 is 1.50 bits per heavy atom. The lowest BCUT2D eigenvalue weighted by Crippen LogP contribution is -2.11. The van der Waals surface area contributed by atoms with E-state index in [0.29, 0.717) is 0 Å². The predicted molar refractivity (Wildman–Crippen MR) is 58.4 cm³/mol. The second kappa shape index (κ2) is 4.70. The lowest BCUT2D eigenvalue weighted by atomic mass is 10.0. The minimum Gasteiger partial charge on any atom is -0.322 e. The van der Waals surface area contributed by atoms with E-state index in [1.807, 2.05) is 0 Å². The molecule has 0 aliphatic rings. The fourth-order valence-electron chi connectivity index (χ4n) is 1.14. The molecule has 0 radical (unpaired) electrons. The number of nitrogens with zero attached hydrogens (tertiary/aromatic N) is 3. The molecule has 0 unspecified atom stereocenters. The molecule has 1 rings (SSSR count). The summed E-state index contributed by atoms with van der Waals surface area (Å²) < 4.78 is 0. The van der Waals surface area contributed by atoms with E-state index >= 15 is 0 Å². The van der Waals surface area contributed by atoms with Crippen molar-refractivity contribution in [2.45, 2.75) is 0 Å². The number of hydrazine groups is 1. The minimum absolute atomic E-state index is 0.0130. The number of nitrogens with one attached hydrogen (secondary N) is 1. The SMILES string of the molecule is N#Cc1c(Cl)c(C#N)c(NN)c(C#N)c1Cl. The first-order valence-corrected chi connectivity index (χ1v) is 4.59. The molecule has 0 amide bonds. The normalized spacial score (nSPS) is 8.75. The fourth-order valence-corrected chi connectivity index (χ4v) is 1.74. The molecule has 0 saturated carbocycles. The Morgan fingerprint density at radius 2 is 1.25 bits per heavy atom. The van der Waals surface area contributed by atoms with E-state index in [2.05, 4.69) is 5.43 Å². The van der Waals surface area contributed by atoms with Crippen LogP contribution < -0.4 is 11.3 Å². The highest BCUT2D eigenvalue weighted by molar-refractivity contribution is 6.38. The Bertz CT molecular complexity index is 533. The smallest absolute Gasteiger partial charge is 0.103 e. The van der Waals surface area contributed by atoms with Crippen LogP contribution in [0.1, 0.15) is 16.7 Å². The number of nitriles is 3. The van der Waals surface area contributed by atoms with Gasteiger partial charge in [0.1, 0.15) is 18.2 Å². The van der Waals surface area contributed by atoms with Crippen molar-refractivity contribution in [1.29, 1.82) is 15.8 Å². The van der Waals surface area contributed by atoms with Crippen LogP contribution in [0.2, 0.25) is 10.0 Å². The summed E-state index contributed by atoms with van der Waals surface area (Å²) in [6.45, 7) is 0. The molecule has 1 aromatic rings. The van der Waals surface area contributed by atoms with Crippen LogP contribution in [0.15, 0.2) is 0 Å². The number of halogens is 2. The molecule has 0 atom stereocenters. The van der Waals surface area contributed by atoms with Gasteiger partial charge >= 0.3 is 0 Å². The largest absolute Gasteiger partial charge is 0.322 e. The van der Waals surface area contributed by atoms with E-state index in [-0.39, 0.29) is 32.4 Å². The highest BCUT2D eigenvalue weighted by Gasteiger charge is 2.21. The summed E-state index contributed by atoms with van der Waals surface area (Å²) in [7, 11) is 0. The first-order chi connectivity index (χ1) is 7.62. The first kappa shape index (κ1) is 12.1. The van der Waals surface area contributed by atoms with Crippen molar-refractivity contribution in [2.24, 2.45) is 5.84 Å². The van der Waals surface area contributed by atoms with Crippen molar-refractivity contribution < 1.29 is 0 Å². The zero-order valence-electron chi connectivity index (χ0n) is 7.67. The molecule has 78 valence electrons. The summed E-state index contributed by atoms with van der Waals surface area (Å²) in [5.41, 5.74) is 1.91. The van der Waals surface area contributed by atoms with Crippen molar-refractivity contribution in [2.75, 3.05) is 5.43 Å². The van der Waals surface area contributed by atoms with E-state index in [9.17, 15) is 0 Å². The average molecular weight is 252 g/mol. The summed E-state index contributed by atoms with van der Waals surface area (Å²) in [6.07, 6.45) is 0. The van der Waals surface area contributed by atoms with Crippen LogP contribution in [-0.4, -0.2) is 0 Å². The summed E-state index contributed by atoms with van der Waals surface area (Å²) in [5.74, 6) is 5.18. The highest BCUT2D eigenvalue weighted by atomic mass is 35.5. The Morgan fingerprint density at radius 1 is 0.875 bits per heavy atom. The van der Waals surface area contributed by atoms with Gasteiger partial charge in [0.2, 0.25) is 0 Å². The first-order valence-electron chi connectivity index (χ1n) is 3.84. The number of nitrogen functional groups attached to an aromatic ring is 1. The van der Waals surface area contributed by atoms with Gasteiger partial charge in [-0.15, -0.1) is 0 Å². The van der Waals surface area contributed by atoms with Crippen LogP contribution in [0.3, 0.4) is 0 Å². The third-order valence-electron chi connectivity index (χ3n) is 1.86. The maximum absolute atomic E-state index is 8.87. The van der Waals surface area contributed by atoms with E-state index in [4.69, 9.17) is 44.8 Å². The maximum atomic E-state index is 8.87. The number of rotatable bonds is 1. The van der Waals surface area contributed by atoms with Gasteiger partial charge in [0.15, 0.2) is 0 Å². The summed E-state index contributed by atoms with van der Waals surface area (Å²) in [5, 5.41) is 26.3. The number of hydrogen-bond acceptors (Lipinski definition) is 5. The van der Waals surface area contributed by atoms with Crippen molar-refractivity contribution >= 4 is 28.9 Å². The Kier molecular flexibility index (Phi) is 3.55. The minimum atomic E-state index is -0.123. The van der Waals surface area contributed by atoms with E-state index in [1.54, 1.807) is 18.2 Å². The van der Waals surface area contributed by atoms with Gasteiger partial charge in [-0.3, -0.25) is 5.84 Å². The maximum Gasteiger partial charge on any atom is 0.103 e. The molecule has 0 saturated heterocycles. The molecular formula is C9H3Cl2N5. The van der Waals surface area contributed by atoms with Gasteiger partial charge in [0.25, 0.3) is 0 Å². The van der Waals surface area contributed by atoms with Gasteiger partial charge < -0.3 is 5.43 Å². The van der Waals surface area contributed by atoms with Crippen LogP contribution in [0.25, 0.3) is 0 Å². The number of anilines is 1. The summed E-state index contributed by atoms with van der Waals surface area (Å²) in [6, 6.07) is 5.24. The second-order valence-electron chi connectivity index (χ2n) is 2.61. The van der Waals surface area contributed by atoms with E-state index in [0.717, 1.165) is 0 Å². The number of nitrogens with two attached hydrogens (primary N) is 1. The molecule has 0 aliphatic carbocycles. The van der Waals surface area contributed by atoms with Crippen molar-refractivity contribution in [3.63, 3.8) is 0 Å². The van der Waals surface area contributed by atoms with E-state index in [1.165, 1.54) is 0 Å². The Labute approximate surface area is 101 Å². The fraction of sp³-hybridized carbons (Fsp3) is 0. The predicted octanol–water partition coefficient (Wildman–Crippen LogP) is 1.89. The molecule has 0 heterocycles. The van der Waals surface area contributed by atoms with Crippen LogP contribution in [0, 0.1) is 34.0 Å². The van der Waals surface area contributed by atoms with Gasteiger partial charge in [-0.25, -0.2) is 0 Å². The quantitative estimate of drug-likeness (QED) is 0.585. The molecule has 0 bridgehead atoms. The van der Waals surface area contributed by atoms with Gasteiger partial charge in [0.05, 0.1) is 32.4 Å². The standard InChI is InChI=1S/C9H3Cl2N5/c10-7-4(1-12)8(11)6(3-14)9(16-15)5(7)2-13/h16H,15H2. The van der Waals surface area contributed by atoms with Crippen LogP contribution in [0.5, 0.6) is 0 Å². The molecule has 5 nitrogen and oxygen atoms in total. The number of hydrogen-bond donors (Lipinski definition) is 2. The van der Waals surface area contributed by atoms with Crippen molar-refractivity contribution in [1.82, 2.24) is 0 Å². The average Bonchev–Trinajstić information content (AvgIpc) is 2.29. The van der Waals surface area contributed by atoms with Crippen molar-refractivity contribution in [3.05, 3.63) is 26.7 Å². The summed E-state index contributed by atoms with van der Waals surface area (Å²) in [4.78, 5) is 0. The molecule has 7 heteroatoms. The van der Waals surface area contributed by atoms with Gasteiger partial charge in [0, 0.05) is 0 Å². The zero-order chi connectivity index (χ0) is 12.3. The Balaban J connectivity index is 3.88. The van der Waals surface area contributed by atoms with E-state index < -0.39 is 0 Å². The van der Waals surface area contributed by atoms with Crippen molar-refractivity contribution in [3.8, 4) is 18.2 Å². The second-order valence-corrected chi connectivity index (χ2v) is 3.36. The monoisotopic (exact) mass is 251 g/mol. The molecule has 3 N–H and O–H groups in total. The number of benzene rings is 1. The molecular weight excluding hydrogens is 249 g/mol. The van der Waals surface area contributed by atoms with Crippen LogP contribution >= 0.6 is 23.2 Å². The Hall–Kier alpha value is -1.97. The molecule has 1 aromatic carbocycles. The van der Waals surface area contributed by atoms with Crippen LogP contribution in [0.4, 0.5) is 5.69 Å². The molecule has 0 aromatic heterocycles. The lowest BCUT2D eigenvalue weighted by Gasteiger charge is -2.10. The highest BCUT2D eigenvalue weighted by Crippen LogP contribution is 2.36. The topological polar surface area (TPSA) is 109 Å². The molecule has 0 aliphatic heterocycles. The third kappa shape index (κ3) is 1.62. The zero-order valence-corrected chi connectivity index (χ0v) is 9.19. The molecule has 0 fully saturated rings. The van der Waals surface area contributed by atoms with Gasteiger partial charge in [-0.2, -0.15) is 15.8 Å². The lowest BCUT2D eigenvalue weighted by molar-refractivity contribution is 1.31. The van der Waals surface area contributed by atoms with Gasteiger partial charge in [-0.05, 0) is 0 Å². The molecule has 0 spiro atoms. The van der Waals surface area contributed by atoms with Crippen LogP contribution in [-0.2, 0) is 0 Å². The van der Waals surface area contributed by atoms with Gasteiger partial charge in [-0.1, -0.05) is 23.2 Å². The molecule has 16 heavy (non-hydrogen) atoms. The summed E-state index contributed by atoms with van der Waals surface area (Å²) >= 11 is 11.6. The third-order valence-corrected chi connectivity index (χ3v) is 2.61.